The maximum absolute atomic E-state index is 12.8. The average molecular weight is 314 g/mol. The molecule has 0 saturated heterocycles. The molecule has 0 aromatic heterocycles. The summed E-state index contributed by atoms with van der Waals surface area (Å²) in [6.45, 7) is 6.45. The van der Waals surface area contributed by atoms with Gasteiger partial charge in [0, 0.05) is 5.69 Å². The molecule has 1 aromatic carbocycles. The monoisotopic (exact) mass is 314 g/mol. The van der Waals surface area contributed by atoms with Gasteiger partial charge in [-0.2, -0.15) is 0 Å². The first kappa shape index (κ1) is 16.0. The maximum Gasteiger partial charge on any atom is 0.228 e. The van der Waals surface area contributed by atoms with Crippen molar-refractivity contribution in [2.24, 2.45) is 34.8 Å². The second kappa shape index (κ2) is 5.66. The maximum atomic E-state index is 12.8. The molecule has 0 spiro atoms. The van der Waals surface area contributed by atoms with Crippen LogP contribution in [0.15, 0.2) is 24.3 Å². The fourth-order valence-corrected chi connectivity index (χ4v) is 4.93. The van der Waals surface area contributed by atoms with E-state index in [-0.39, 0.29) is 40.9 Å². The Labute approximate surface area is 137 Å². The number of benzene rings is 1. The normalized spacial score (nSPS) is 31.1. The van der Waals surface area contributed by atoms with Gasteiger partial charge in [-0.05, 0) is 54.2 Å². The summed E-state index contributed by atoms with van der Waals surface area (Å²) in [6.07, 6.45) is 2.98. The van der Waals surface area contributed by atoms with E-state index in [0.717, 1.165) is 24.9 Å². The molecule has 2 bridgehead atoms. The highest BCUT2D eigenvalue weighted by atomic mass is 16.2. The number of nitrogens with one attached hydrogen (secondary N) is 1. The number of carbonyl (C=O) groups excluding carboxylic acids is 2. The number of hydrogen-bond acceptors (Lipinski definition) is 2. The highest BCUT2D eigenvalue weighted by molar-refractivity contribution is 5.97. The Morgan fingerprint density at radius 1 is 1.13 bits per heavy atom. The van der Waals surface area contributed by atoms with Crippen molar-refractivity contribution in [3.63, 3.8) is 0 Å². The number of amides is 2. The number of fused-ring (bicyclic) bond motifs is 2. The predicted molar refractivity (Wildman–Crippen MR) is 90.6 cm³/mol. The van der Waals surface area contributed by atoms with Gasteiger partial charge in [0.2, 0.25) is 11.8 Å². The number of aryl methyl sites for hydroxylation is 1. The number of hydrogen-bond donors (Lipinski definition) is 2. The average Bonchev–Trinajstić information content (AvgIpc) is 2.93. The summed E-state index contributed by atoms with van der Waals surface area (Å²) >= 11 is 0. The molecule has 4 atom stereocenters. The van der Waals surface area contributed by atoms with E-state index in [4.69, 9.17) is 5.73 Å². The van der Waals surface area contributed by atoms with Crippen LogP contribution in [0.1, 0.15) is 39.2 Å². The molecule has 0 unspecified atom stereocenters. The van der Waals surface area contributed by atoms with Crippen LogP contribution in [0, 0.1) is 29.1 Å². The van der Waals surface area contributed by atoms with Gasteiger partial charge >= 0.3 is 0 Å². The van der Waals surface area contributed by atoms with Crippen LogP contribution < -0.4 is 11.1 Å². The molecule has 3 N–H and O–H groups in total. The smallest absolute Gasteiger partial charge is 0.228 e. The van der Waals surface area contributed by atoms with Crippen LogP contribution in [0.5, 0.6) is 0 Å². The Kier molecular flexibility index (Phi) is 3.95. The third kappa shape index (κ3) is 2.54. The molecule has 0 radical (unpaired) electrons. The number of nitrogens with two attached hydrogens (primary N) is 1. The highest BCUT2D eigenvalue weighted by Crippen LogP contribution is 2.63. The SMILES string of the molecule is CCc1ccc(NC(=O)[C@H]2[C@@H](C(N)=O)[C@H]3CC[C@@H]2C3(C)C)cc1. The van der Waals surface area contributed by atoms with Crippen molar-refractivity contribution in [2.45, 2.75) is 40.0 Å². The summed E-state index contributed by atoms with van der Waals surface area (Å²) in [4.78, 5) is 24.8. The van der Waals surface area contributed by atoms with Crippen LogP contribution in [-0.2, 0) is 16.0 Å². The van der Waals surface area contributed by atoms with E-state index in [2.05, 4.69) is 26.1 Å². The molecule has 23 heavy (non-hydrogen) atoms. The first-order chi connectivity index (χ1) is 10.9. The van der Waals surface area contributed by atoms with Crippen LogP contribution in [-0.4, -0.2) is 11.8 Å². The first-order valence-corrected chi connectivity index (χ1v) is 8.55. The topological polar surface area (TPSA) is 72.2 Å². The molecule has 124 valence electrons. The quantitative estimate of drug-likeness (QED) is 0.897. The summed E-state index contributed by atoms with van der Waals surface area (Å²) in [5.74, 6) is -0.557. The van der Waals surface area contributed by atoms with Crippen molar-refractivity contribution in [1.29, 1.82) is 0 Å². The van der Waals surface area contributed by atoms with Gasteiger partial charge in [-0.1, -0.05) is 32.9 Å². The highest BCUT2D eigenvalue weighted by Gasteiger charge is 2.62. The third-order valence-corrected chi connectivity index (χ3v) is 6.21. The fourth-order valence-electron chi connectivity index (χ4n) is 4.93. The van der Waals surface area contributed by atoms with E-state index in [1.54, 1.807) is 0 Å². The van der Waals surface area contributed by atoms with Gasteiger partial charge in [0.15, 0.2) is 0 Å². The summed E-state index contributed by atoms with van der Waals surface area (Å²) in [7, 11) is 0. The zero-order valence-corrected chi connectivity index (χ0v) is 14.1. The van der Waals surface area contributed by atoms with Crippen molar-refractivity contribution in [1.82, 2.24) is 0 Å². The molecule has 2 aliphatic carbocycles. The van der Waals surface area contributed by atoms with Gasteiger partial charge in [-0.25, -0.2) is 0 Å². The number of anilines is 1. The Balaban J connectivity index is 1.81. The molecule has 0 aliphatic heterocycles. The fraction of sp³-hybridized carbons (Fsp3) is 0.579. The van der Waals surface area contributed by atoms with Crippen molar-refractivity contribution in [2.75, 3.05) is 5.32 Å². The third-order valence-electron chi connectivity index (χ3n) is 6.21. The minimum atomic E-state index is -0.335. The lowest BCUT2D eigenvalue weighted by Gasteiger charge is -2.27. The Hall–Kier alpha value is -1.84. The van der Waals surface area contributed by atoms with E-state index in [1.807, 2.05) is 24.3 Å². The Morgan fingerprint density at radius 2 is 1.70 bits per heavy atom. The van der Waals surface area contributed by atoms with Gasteiger partial charge in [-0.3, -0.25) is 9.59 Å². The van der Waals surface area contributed by atoms with E-state index in [9.17, 15) is 9.59 Å². The Bertz CT molecular complexity index is 621. The zero-order valence-electron chi connectivity index (χ0n) is 14.1. The molecule has 1 aromatic rings. The number of rotatable bonds is 4. The molecule has 4 heteroatoms. The molecule has 0 heterocycles. The van der Waals surface area contributed by atoms with E-state index in [1.165, 1.54) is 5.56 Å². The lowest BCUT2D eigenvalue weighted by atomic mass is 9.78. The van der Waals surface area contributed by atoms with Crippen LogP contribution in [0.3, 0.4) is 0 Å². The second-order valence-electron chi connectivity index (χ2n) is 7.61. The summed E-state index contributed by atoms with van der Waals surface area (Å²) in [5, 5.41) is 3.00. The second-order valence-corrected chi connectivity index (χ2v) is 7.61. The largest absolute Gasteiger partial charge is 0.369 e. The Morgan fingerprint density at radius 3 is 2.22 bits per heavy atom. The number of primary amides is 1. The van der Waals surface area contributed by atoms with Gasteiger partial charge in [-0.15, -0.1) is 0 Å². The lowest BCUT2D eigenvalue weighted by Crippen LogP contribution is -2.40. The molecular weight excluding hydrogens is 288 g/mol. The van der Waals surface area contributed by atoms with E-state index >= 15 is 0 Å². The first-order valence-electron chi connectivity index (χ1n) is 8.55. The van der Waals surface area contributed by atoms with E-state index in [0.29, 0.717) is 0 Å². The summed E-state index contributed by atoms with van der Waals surface area (Å²) < 4.78 is 0. The van der Waals surface area contributed by atoms with Gasteiger partial charge in [0.05, 0.1) is 11.8 Å². The van der Waals surface area contributed by atoms with Crippen molar-refractivity contribution < 1.29 is 9.59 Å². The van der Waals surface area contributed by atoms with Gasteiger partial charge in [0.1, 0.15) is 0 Å². The lowest BCUT2D eigenvalue weighted by molar-refractivity contribution is -0.132. The summed E-state index contributed by atoms with van der Waals surface area (Å²) in [5.41, 5.74) is 7.68. The zero-order chi connectivity index (χ0) is 16.8. The molecule has 4 nitrogen and oxygen atoms in total. The van der Waals surface area contributed by atoms with Crippen LogP contribution >= 0.6 is 0 Å². The standard InChI is InChI=1S/C19H26N2O2/c1-4-11-5-7-12(8-6-11)21-18(23)16-14-10-9-13(19(14,2)3)15(16)17(20)22/h5-8,13-16H,4,9-10H2,1-3H3,(H2,20,22)(H,21,23)/t13-,14+,15+,16-/m1/s1. The molecular formula is C19H26N2O2. The van der Waals surface area contributed by atoms with Crippen molar-refractivity contribution in [3.8, 4) is 0 Å². The number of carbonyl (C=O) groups is 2. The minimum absolute atomic E-state index is 0.00771. The summed E-state index contributed by atoms with van der Waals surface area (Å²) in [6, 6.07) is 7.89. The van der Waals surface area contributed by atoms with Gasteiger partial charge < -0.3 is 11.1 Å². The van der Waals surface area contributed by atoms with Crippen LogP contribution in [0.4, 0.5) is 5.69 Å². The molecule has 2 amide bonds. The van der Waals surface area contributed by atoms with Crippen LogP contribution in [0.25, 0.3) is 0 Å². The van der Waals surface area contributed by atoms with E-state index < -0.39 is 0 Å². The predicted octanol–water partition coefficient (Wildman–Crippen LogP) is 2.97. The van der Waals surface area contributed by atoms with Gasteiger partial charge in [0.25, 0.3) is 0 Å². The molecule has 3 rings (SSSR count). The molecule has 2 fully saturated rings. The van der Waals surface area contributed by atoms with Crippen molar-refractivity contribution >= 4 is 17.5 Å². The molecule has 2 saturated carbocycles. The molecule has 2 aliphatic rings. The minimum Gasteiger partial charge on any atom is -0.369 e. The van der Waals surface area contributed by atoms with Crippen LogP contribution in [0.2, 0.25) is 0 Å². The van der Waals surface area contributed by atoms with Crippen molar-refractivity contribution in [3.05, 3.63) is 29.8 Å².